The fraction of sp³-hybridized carbons (Fsp3) is 0.118. The molecule has 0 unspecified atom stereocenters. The molecule has 22 heavy (non-hydrogen) atoms. The Bertz CT molecular complexity index is 751. The summed E-state index contributed by atoms with van der Waals surface area (Å²) in [6.07, 6.45) is 3.81. The predicted molar refractivity (Wildman–Crippen MR) is 91.0 cm³/mol. The third-order valence-corrected chi connectivity index (χ3v) is 3.86. The summed E-state index contributed by atoms with van der Waals surface area (Å²) in [7, 11) is 0. The lowest BCUT2D eigenvalue weighted by atomic mass is 10.2. The van der Waals surface area contributed by atoms with Gasteiger partial charge in [-0.1, -0.05) is 72.4 Å². The number of nitrogens with zero attached hydrogens (tertiary/aromatic N) is 4. The van der Waals surface area contributed by atoms with Gasteiger partial charge >= 0.3 is 0 Å². The second kappa shape index (κ2) is 7.04. The highest BCUT2D eigenvalue weighted by atomic mass is 32.2. The molecule has 0 aliphatic heterocycles. The molecule has 4 nitrogen and oxygen atoms in total. The van der Waals surface area contributed by atoms with E-state index in [2.05, 4.69) is 27.3 Å². The molecule has 3 rings (SSSR count). The summed E-state index contributed by atoms with van der Waals surface area (Å²) in [6, 6.07) is 20.3. The smallest absolute Gasteiger partial charge is 0.251 e. The number of aromatic nitrogens is 3. The van der Waals surface area contributed by atoms with Gasteiger partial charge in [-0.25, -0.2) is 4.99 Å². The van der Waals surface area contributed by atoms with Crippen molar-refractivity contribution < 1.29 is 0 Å². The molecule has 2 aromatic carbocycles. The van der Waals surface area contributed by atoms with Crippen LogP contribution in [0.4, 0.5) is 5.95 Å². The van der Waals surface area contributed by atoms with Gasteiger partial charge in [-0.3, -0.25) is 4.57 Å². The number of hydrogen-bond donors (Lipinski definition) is 0. The molecule has 0 radical (unpaired) electrons. The number of benzene rings is 2. The van der Waals surface area contributed by atoms with E-state index in [-0.39, 0.29) is 0 Å². The molecule has 3 aromatic rings. The minimum Gasteiger partial charge on any atom is -0.282 e. The van der Waals surface area contributed by atoms with E-state index >= 15 is 0 Å². The zero-order chi connectivity index (χ0) is 15.2. The van der Waals surface area contributed by atoms with Gasteiger partial charge < -0.3 is 0 Å². The Labute approximate surface area is 133 Å². The zero-order valence-corrected chi connectivity index (χ0v) is 13.1. The third-order valence-electron chi connectivity index (χ3n) is 3.19. The van der Waals surface area contributed by atoms with Crippen LogP contribution in [0.1, 0.15) is 11.1 Å². The van der Waals surface area contributed by atoms with Crippen molar-refractivity contribution in [2.24, 2.45) is 4.99 Å². The maximum absolute atomic E-state index is 4.49. The van der Waals surface area contributed by atoms with Crippen LogP contribution in [-0.4, -0.2) is 27.2 Å². The quantitative estimate of drug-likeness (QED) is 0.532. The minimum atomic E-state index is 0.622. The number of thioether (sulfide) groups is 1. The summed E-state index contributed by atoms with van der Waals surface area (Å²) >= 11 is 1.57. The summed E-state index contributed by atoms with van der Waals surface area (Å²) in [4.78, 5) is 4.49. The summed E-state index contributed by atoms with van der Waals surface area (Å²) in [6.45, 7) is 0.714. The Balaban J connectivity index is 1.88. The van der Waals surface area contributed by atoms with E-state index in [4.69, 9.17) is 0 Å². The lowest BCUT2D eigenvalue weighted by molar-refractivity contribution is 0.713. The van der Waals surface area contributed by atoms with Crippen LogP contribution in [0.3, 0.4) is 0 Å². The second-order valence-corrected chi connectivity index (χ2v) is 5.50. The van der Waals surface area contributed by atoms with Gasteiger partial charge in [-0.2, -0.15) is 0 Å². The molecule has 0 N–H and O–H groups in total. The lowest BCUT2D eigenvalue weighted by Crippen LogP contribution is -2.01. The first-order valence-corrected chi connectivity index (χ1v) is 8.19. The molecule has 0 amide bonds. The van der Waals surface area contributed by atoms with Gasteiger partial charge in [-0.15, -0.1) is 10.2 Å². The standard InChI is InChI=1S/C17H16N4S/c1-22-17-20-19-16(18-12-14-8-4-2-5-9-14)21(17)13-15-10-6-3-7-11-15/h2-12H,13H2,1H3/b18-12+. The van der Waals surface area contributed by atoms with Crippen LogP contribution in [0.5, 0.6) is 0 Å². The lowest BCUT2D eigenvalue weighted by Gasteiger charge is -2.06. The van der Waals surface area contributed by atoms with Crippen LogP contribution in [0.2, 0.25) is 0 Å². The summed E-state index contributed by atoms with van der Waals surface area (Å²) < 4.78 is 2.03. The van der Waals surface area contributed by atoms with Crippen molar-refractivity contribution in [3.63, 3.8) is 0 Å². The highest BCUT2D eigenvalue weighted by Crippen LogP contribution is 2.20. The molecule has 0 aliphatic carbocycles. The largest absolute Gasteiger partial charge is 0.282 e. The van der Waals surface area contributed by atoms with Crippen LogP contribution in [0.25, 0.3) is 0 Å². The van der Waals surface area contributed by atoms with E-state index in [1.165, 1.54) is 5.56 Å². The van der Waals surface area contributed by atoms with Crippen LogP contribution in [-0.2, 0) is 6.54 Å². The van der Waals surface area contributed by atoms with Crippen molar-refractivity contribution in [1.82, 2.24) is 14.8 Å². The van der Waals surface area contributed by atoms with E-state index in [9.17, 15) is 0 Å². The average Bonchev–Trinajstić information content (AvgIpc) is 2.97. The monoisotopic (exact) mass is 308 g/mol. The van der Waals surface area contributed by atoms with Crippen molar-refractivity contribution in [3.8, 4) is 0 Å². The van der Waals surface area contributed by atoms with Gasteiger partial charge in [-0.05, 0) is 17.4 Å². The van der Waals surface area contributed by atoms with Crippen LogP contribution in [0.15, 0.2) is 70.8 Å². The van der Waals surface area contributed by atoms with Gasteiger partial charge in [0.2, 0.25) is 0 Å². The highest BCUT2D eigenvalue weighted by molar-refractivity contribution is 7.98. The van der Waals surface area contributed by atoms with E-state index in [0.29, 0.717) is 12.5 Å². The summed E-state index contributed by atoms with van der Waals surface area (Å²) in [5, 5.41) is 9.26. The topological polar surface area (TPSA) is 43.1 Å². The van der Waals surface area contributed by atoms with E-state index in [1.807, 2.05) is 65.6 Å². The molecule has 0 aliphatic rings. The molecule has 0 fully saturated rings. The molecule has 1 aromatic heterocycles. The molecule has 0 atom stereocenters. The highest BCUT2D eigenvalue weighted by Gasteiger charge is 2.10. The molecule has 110 valence electrons. The molecular formula is C17H16N4S. The van der Waals surface area contributed by atoms with Crippen LogP contribution >= 0.6 is 11.8 Å². The first kappa shape index (κ1) is 14.5. The summed E-state index contributed by atoms with van der Waals surface area (Å²) in [5.41, 5.74) is 2.25. The Morgan fingerprint density at radius 1 is 1.00 bits per heavy atom. The van der Waals surface area contributed by atoms with Gasteiger partial charge in [0.25, 0.3) is 5.95 Å². The van der Waals surface area contributed by atoms with Crippen molar-refractivity contribution in [1.29, 1.82) is 0 Å². The Hall–Kier alpha value is -2.40. The Kier molecular flexibility index (Phi) is 4.65. The maximum Gasteiger partial charge on any atom is 0.251 e. The molecular weight excluding hydrogens is 292 g/mol. The van der Waals surface area contributed by atoms with Gasteiger partial charge in [0.1, 0.15) is 0 Å². The van der Waals surface area contributed by atoms with E-state index in [1.54, 1.807) is 11.8 Å². The molecule has 1 heterocycles. The summed E-state index contributed by atoms with van der Waals surface area (Å²) in [5.74, 6) is 0.622. The van der Waals surface area contributed by atoms with Gasteiger partial charge in [0, 0.05) is 6.21 Å². The fourth-order valence-electron chi connectivity index (χ4n) is 2.10. The molecule has 5 heteroatoms. The molecule has 0 saturated heterocycles. The SMILES string of the molecule is CSc1nnc(/N=C/c2ccccc2)n1Cc1ccccc1. The molecule has 0 bridgehead atoms. The van der Waals surface area contributed by atoms with Gasteiger partial charge in [0.15, 0.2) is 5.16 Å². The third kappa shape index (κ3) is 3.43. The van der Waals surface area contributed by atoms with E-state index < -0.39 is 0 Å². The first-order valence-electron chi connectivity index (χ1n) is 6.97. The fourth-order valence-corrected chi connectivity index (χ4v) is 2.59. The van der Waals surface area contributed by atoms with Gasteiger partial charge in [0.05, 0.1) is 6.54 Å². The number of hydrogen-bond acceptors (Lipinski definition) is 4. The zero-order valence-electron chi connectivity index (χ0n) is 12.3. The average molecular weight is 308 g/mol. The number of aliphatic imine (C=N–C) groups is 1. The predicted octanol–water partition coefficient (Wildman–Crippen LogP) is 3.80. The normalized spacial score (nSPS) is 11.1. The first-order chi connectivity index (χ1) is 10.9. The number of rotatable bonds is 5. The van der Waals surface area contributed by atoms with Crippen molar-refractivity contribution >= 4 is 23.9 Å². The van der Waals surface area contributed by atoms with Crippen molar-refractivity contribution in [2.45, 2.75) is 11.7 Å². The minimum absolute atomic E-state index is 0.622. The van der Waals surface area contributed by atoms with E-state index in [0.717, 1.165) is 10.7 Å². The Morgan fingerprint density at radius 3 is 2.36 bits per heavy atom. The molecule has 0 saturated carbocycles. The van der Waals surface area contributed by atoms with Crippen molar-refractivity contribution in [3.05, 3.63) is 71.8 Å². The van der Waals surface area contributed by atoms with Crippen LogP contribution < -0.4 is 0 Å². The van der Waals surface area contributed by atoms with Crippen LogP contribution in [0, 0.1) is 0 Å². The Morgan fingerprint density at radius 2 is 1.68 bits per heavy atom. The second-order valence-electron chi connectivity index (χ2n) is 4.73. The molecule has 0 spiro atoms. The maximum atomic E-state index is 4.49. The van der Waals surface area contributed by atoms with Crippen molar-refractivity contribution in [2.75, 3.05) is 6.26 Å².